The fraction of sp³-hybridized carbons (Fsp3) is 0. The largest absolute Gasteiger partial charge is 0.512 e. The zero-order valence-corrected chi connectivity index (χ0v) is 8.54. The predicted octanol–water partition coefficient (Wildman–Crippen LogP) is 2.99. The van der Waals surface area contributed by atoms with E-state index >= 15 is 0 Å². The molecular formula is C9H6BrNO3. The molecule has 2 aromatic rings. The molecule has 0 spiro atoms. The molecule has 0 radical (unpaired) electrons. The van der Waals surface area contributed by atoms with Gasteiger partial charge in [-0.05, 0) is 18.2 Å². The van der Waals surface area contributed by atoms with Crippen molar-refractivity contribution >= 4 is 33.0 Å². The summed E-state index contributed by atoms with van der Waals surface area (Å²) in [7, 11) is 0. The highest BCUT2D eigenvalue weighted by Gasteiger charge is 2.05. The zero-order chi connectivity index (χ0) is 10.1. The standard InChI is InChI=1S/C9H6BrNO3/c10-6-1-2-7-5(3-6)4-8(11-7)14-9(12)13/h1-4,11H,(H,12,13). The lowest BCUT2D eigenvalue weighted by molar-refractivity contribution is 0.143. The van der Waals surface area contributed by atoms with Crippen LogP contribution in [0.4, 0.5) is 4.79 Å². The molecule has 0 saturated carbocycles. The molecule has 1 heterocycles. The Bertz CT molecular complexity index is 492. The van der Waals surface area contributed by atoms with Crippen LogP contribution in [0.1, 0.15) is 0 Å². The minimum Gasteiger partial charge on any atom is -0.449 e. The van der Waals surface area contributed by atoms with E-state index in [0.717, 1.165) is 15.4 Å². The summed E-state index contributed by atoms with van der Waals surface area (Å²) in [6, 6.07) is 7.21. The van der Waals surface area contributed by atoms with Crippen LogP contribution < -0.4 is 4.74 Å². The summed E-state index contributed by atoms with van der Waals surface area (Å²) >= 11 is 3.32. The summed E-state index contributed by atoms with van der Waals surface area (Å²) in [4.78, 5) is 13.1. The van der Waals surface area contributed by atoms with Gasteiger partial charge in [-0.25, -0.2) is 4.79 Å². The zero-order valence-electron chi connectivity index (χ0n) is 6.95. The van der Waals surface area contributed by atoms with Gasteiger partial charge >= 0.3 is 6.16 Å². The van der Waals surface area contributed by atoms with Gasteiger partial charge in [0.25, 0.3) is 0 Å². The highest BCUT2D eigenvalue weighted by molar-refractivity contribution is 9.10. The lowest BCUT2D eigenvalue weighted by Crippen LogP contribution is -2.02. The number of carbonyl (C=O) groups is 1. The summed E-state index contributed by atoms with van der Waals surface area (Å²) in [5.74, 6) is 0.227. The van der Waals surface area contributed by atoms with E-state index < -0.39 is 6.16 Å². The van der Waals surface area contributed by atoms with Crippen molar-refractivity contribution in [2.45, 2.75) is 0 Å². The fourth-order valence-electron chi connectivity index (χ4n) is 1.23. The van der Waals surface area contributed by atoms with Gasteiger partial charge in [-0.15, -0.1) is 0 Å². The number of hydrogen-bond donors (Lipinski definition) is 2. The topological polar surface area (TPSA) is 62.3 Å². The van der Waals surface area contributed by atoms with Gasteiger partial charge in [-0.3, -0.25) is 0 Å². The minimum atomic E-state index is -1.32. The molecule has 0 atom stereocenters. The van der Waals surface area contributed by atoms with Crippen molar-refractivity contribution in [3.05, 3.63) is 28.7 Å². The number of halogens is 1. The third kappa shape index (κ3) is 1.72. The fourth-order valence-corrected chi connectivity index (χ4v) is 1.60. The summed E-state index contributed by atoms with van der Waals surface area (Å²) < 4.78 is 5.42. The second-order valence-corrected chi connectivity index (χ2v) is 3.65. The third-order valence-electron chi connectivity index (χ3n) is 1.76. The minimum absolute atomic E-state index is 0.227. The third-order valence-corrected chi connectivity index (χ3v) is 2.25. The highest BCUT2D eigenvalue weighted by atomic mass is 79.9. The van der Waals surface area contributed by atoms with Crippen molar-refractivity contribution < 1.29 is 14.6 Å². The Morgan fingerprint density at radius 2 is 2.21 bits per heavy atom. The Balaban J connectivity index is 2.46. The number of nitrogens with one attached hydrogen (secondary N) is 1. The smallest absolute Gasteiger partial charge is 0.449 e. The number of rotatable bonds is 1. The lowest BCUT2D eigenvalue weighted by atomic mass is 10.2. The average molecular weight is 256 g/mol. The van der Waals surface area contributed by atoms with E-state index in [1.54, 1.807) is 6.07 Å². The van der Waals surface area contributed by atoms with Gasteiger partial charge in [0.15, 0.2) is 0 Å². The maximum atomic E-state index is 10.3. The summed E-state index contributed by atoms with van der Waals surface area (Å²) in [5, 5.41) is 9.29. The van der Waals surface area contributed by atoms with Gasteiger partial charge < -0.3 is 14.8 Å². The van der Waals surface area contributed by atoms with E-state index in [2.05, 4.69) is 25.7 Å². The van der Waals surface area contributed by atoms with E-state index in [1.807, 2.05) is 18.2 Å². The van der Waals surface area contributed by atoms with Crippen LogP contribution >= 0.6 is 15.9 Å². The van der Waals surface area contributed by atoms with Gasteiger partial charge in [0.2, 0.25) is 5.88 Å². The second kappa shape index (κ2) is 3.34. The number of ether oxygens (including phenoxy) is 1. The van der Waals surface area contributed by atoms with Crippen LogP contribution in [0.3, 0.4) is 0 Å². The quantitative estimate of drug-likeness (QED) is 0.771. The molecule has 1 aromatic carbocycles. The van der Waals surface area contributed by atoms with Crippen molar-refractivity contribution in [2.24, 2.45) is 0 Å². The first-order valence-electron chi connectivity index (χ1n) is 3.84. The Labute approximate surface area is 87.6 Å². The van der Waals surface area contributed by atoms with Crippen LogP contribution in [0.15, 0.2) is 28.7 Å². The van der Waals surface area contributed by atoms with E-state index in [0.29, 0.717) is 0 Å². The Morgan fingerprint density at radius 3 is 2.93 bits per heavy atom. The lowest BCUT2D eigenvalue weighted by Gasteiger charge is -1.91. The van der Waals surface area contributed by atoms with Crippen LogP contribution in [0.25, 0.3) is 10.9 Å². The first-order chi connectivity index (χ1) is 6.65. The monoisotopic (exact) mass is 255 g/mol. The maximum Gasteiger partial charge on any atom is 0.512 e. The van der Waals surface area contributed by atoms with Gasteiger partial charge in [0.1, 0.15) is 0 Å². The van der Waals surface area contributed by atoms with E-state index in [1.165, 1.54) is 0 Å². The normalized spacial score (nSPS) is 10.4. The molecule has 1 aromatic heterocycles. The van der Waals surface area contributed by atoms with Crippen molar-refractivity contribution in [2.75, 3.05) is 0 Å². The van der Waals surface area contributed by atoms with E-state index in [9.17, 15) is 4.79 Å². The molecule has 4 nitrogen and oxygen atoms in total. The number of benzene rings is 1. The van der Waals surface area contributed by atoms with Crippen molar-refractivity contribution in [3.63, 3.8) is 0 Å². The van der Waals surface area contributed by atoms with Crippen LogP contribution in [0.2, 0.25) is 0 Å². The van der Waals surface area contributed by atoms with Gasteiger partial charge in [0, 0.05) is 21.4 Å². The van der Waals surface area contributed by atoms with Crippen molar-refractivity contribution in [1.29, 1.82) is 0 Å². The number of aromatic nitrogens is 1. The molecule has 5 heteroatoms. The molecule has 0 bridgehead atoms. The molecular weight excluding hydrogens is 250 g/mol. The van der Waals surface area contributed by atoms with E-state index in [-0.39, 0.29) is 5.88 Å². The number of fused-ring (bicyclic) bond motifs is 1. The molecule has 0 saturated heterocycles. The van der Waals surface area contributed by atoms with Crippen LogP contribution in [0, 0.1) is 0 Å². The molecule has 0 aliphatic rings. The molecule has 0 unspecified atom stereocenters. The first-order valence-corrected chi connectivity index (χ1v) is 4.63. The molecule has 14 heavy (non-hydrogen) atoms. The molecule has 72 valence electrons. The van der Waals surface area contributed by atoms with Gasteiger partial charge in [0.05, 0.1) is 0 Å². The maximum absolute atomic E-state index is 10.3. The Kier molecular flexibility index (Phi) is 2.17. The SMILES string of the molecule is O=C(O)Oc1cc2cc(Br)ccc2[nH]1. The average Bonchev–Trinajstić information content (AvgIpc) is 2.44. The highest BCUT2D eigenvalue weighted by Crippen LogP contribution is 2.23. The van der Waals surface area contributed by atoms with Gasteiger partial charge in [-0.2, -0.15) is 0 Å². The van der Waals surface area contributed by atoms with Gasteiger partial charge in [-0.1, -0.05) is 15.9 Å². The number of H-pyrrole nitrogens is 1. The van der Waals surface area contributed by atoms with Crippen molar-refractivity contribution in [3.8, 4) is 5.88 Å². The second-order valence-electron chi connectivity index (χ2n) is 2.73. The van der Waals surface area contributed by atoms with Crippen LogP contribution in [0.5, 0.6) is 5.88 Å². The molecule has 2 rings (SSSR count). The van der Waals surface area contributed by atoms with Crippen LogP contribution in [-0.4, -0.2) is 16.2 Å². The summed E-state index contributed by atoms with van der Waals surface area (Å²) in [6.45, 7) is 0. The number of carboxylic acid groups (broad SMARTS) is 1. The molecule has 0 aliphatic heterocycles. The number of aromatic amines is 1. The Hall–Kier alpha value is -1.49. The summed E-state index contributed by atoms with van der Waals surface area (Å²) in [6.07, 6.45) is -1.32. The molecule has 0 aliphatic carbocycles. The predicted molar refractivity (Wildman–Crippen MR) is 54.7 cm³/mol. The molecule has 0 fully saturated rings. The first kappa shape index (κ1) is 9.08. The molecule has 0 amide bonds. The number of hydrogen-bond acceptors (Lipinski definition) is 2. The van der Waals surface area contributed by atoms with E-state index in [4.69, 9.17) is 5.11 Å². The summed E-state index contributed by atoms with van der Waals surface area (Å²) in [5.41, 5.74) is 0.837. The molecule has 2 N–H and O–H groups in total. The Morgan fingerprint density at radius 1 is 1.43 bits per heavy atom. The van der Waals surface area contributed by atoms with Crippen LogP contribution in [-0.2, 0) is 0 Å². The van der Waals surface area contributed by atoms with Crippen molar-refractivity contribution in [1.82, 2.24) is 4.98 Å².